The van der Waals surface area contributed by atoms with Crippen molar-refractivity contribution in [3.05, 3.63) is 41.3 Å². The number of hydrogen-bond acceptors (Lipinski definition) is 4. The van der Waals surface area contributed by atoms with Crippen LogP contribution in [0.15, 0.2) is 24.4 Å². The number of methoxy groups -OCH3 is 1. The first-order chi connectivity index (χ1) is 9.20. The molecule has 0 bridgehead atoms. The van der Waals surface area contributed by atoms with Crippen LogP contribution in [0.5, 0.6) is 5.88 Å². The van der Waals surface area contributed by atoms with Gasteiger partial charge in [-0.05, 0) is 24.5 Å². The van der Waals surface area contributed by atoms with Crippen molar-refractivity contribution in [2.75, 3.05) is 7.11 Å². The third-order valence-corrected chi connectivity index (χ3v) is 3.57. The van der Waals surface area contributed by atoms with Crippen LogP contribution in [-0.4, -0.2) is 27.7 Å². The Morgan fingerprint density at radius 3 is 3.11 bits per heavy atom. The molecule has 1 aliphatic rings. The van der Waals surface area contributed by atoms with Crippen LogP contribution in [0, 0.1) is 0 Å². The fraction of sp³-hybridized carbons (Fsp3) is 0.357. The van der Waals surface area contributed by atoms with Gasteiger partial charge in [-0.1, -0.05) is 6.07 Å². The SMILES string of the molecule is COc1cc(C(=O)C2CCc3cccnc32)nn1C. The van der Waals surface area contributed by atoms with Crippen molar-refractivity contribution in [2.24, 2.45) is 7.05 Å². The summed E-state index contributed by atoms with van der Waals surface area (Å²) in [6.07, 6.45) is 3.46. The van der Waals surface area contributed by atoms with Gasteiger partial charge in [0.15, 0.2) is 5.78 Å². The second-order valence-corrected chi connectivity index (χ2v) is 4.70. The Balaban J connectivity index is 1.93. The third-order valence-electron chi connectivity index (χ3n) is 3.57. The Hall–Kier alpha value is -2.17. The van der Waals surface area contributed by atoms with E-state index in [2.05, 4.69) is 10.1 Å². The Kier molecular flexibility index (Phi) is 2.81. The van der Waals surface area contributed by atoms with Gasteiger partial charge in [0.25, 0.3) is 0 Å². The van der Waals surface area contributed by atoms with Gasteiger partial charge in [-0.2, -0.15) is 5.10 Å². The summed E-state index contributed by atoms with van der Waals surface area (Å²) in [5.74, 6) is 0.440. The lowest BCUT2D eigenvalue weighted by molar-refractivity contribution is 0.0952. The van der Waals surface area contributed by atoms with Gasteiger partial charge >= 0.3 is 0 Å². The van der Waals surface area contributed by atoms with E-state index in [1.807, 2.05) is 12.1 Å². The van der Waals surface area contributed by atoms with Crippen LogP contribution in [0.4, 0.5) is 0 Å². The quantitative estimate of drug-likeness (QED) is 0.786. The van der Waals surface area contributed by atoms with Crippen LogP contribution < -0.4 is 4.74 Å². The van der Waals surface area contributed by atoms with Crippen LogP contribution in [0.1, 0.15) is 34.1 Å². The van der Waals surface area contributed by atoms with Crippen molar-refractivity contribution >= 4 is 5.78 Å². The number of carbonyl (C=O) groups excluding carboxylic acids is 1. The Morgan fingerprint density at radius 1 is 1.53 bits per heavy atom. The minimum atomic E-state index is -0.171. The van der Waals surface area contributed by atoms with Crippen molar-refractivity contribution < 1.29 is 9.53 Å². The molecule has 2 heterocycles. The number of aromatic nitrogens is 3. The molecule has 2 aromatic heterocycles. The summed E-state index contributed by atoms with van der Waals surface area (Å²) < 4.78 is 6.71. The zero-order chi connectivity index (χ0) is 13.4. The Labute approximate surface area is 111 Å². The van der Waals surface area contributed by atoms with E-state index in [1.165, 1.54) is 5.56 Å². The van der Waals surface area contributed by atoms with Gasteiger partial charge < -0.3 is 4.74 Å². The number of rotatable bonds is 3. The molecular formula is C14H15N3O2. The Morgan fingerprint density at radius 2 is 2.37 bits per heavy atom. The smallest absolute Gasteiger partial charge is 0.211 e. The third kappa shape index (κ3) is 1.91. The predicted octanol–water partition coefficient (Wildman–Crippen LogP) is 1.74. The first-order valence-corrected chi connectivity index (χ1v) is 6.26. The number of carbonyl (C=O) groups is 1. The summed E-state index contributed by atoms with van der Waals surface area (Å²) in [5, 5.41) is 4.21. The average Bonchev–Trinajstić information content (AvgIpc) is 3.01. The number of hydrogen-bond donors (Lipinski definition) is 0. The minimum absolute atomic E-state index is 0.0244. The van der Waals surface area contributed by atoms with Crippen LogP contribution >= 0.6 is 0 Å². The van der Waals surface area contributed by atoms with Gasteiger partial charge in [-0.15, -0.1) is 0 Å². The fourth-order valence-corrected chi connectivity index (χ4v) is 2.61. The molecule has 5 heteroatoms. The zero-order valence-electron chi connectivity index (χ0n) is 11.0. The lowest BCUT2D eigenvalue weighted by Crippen LogP contribution is -2.12. The van der Waals surface area contributed by atoms with Crippen LogP contribution in [0.2, 0.25) is 0 Å². The largest absolute Gasteiger partial charge is 0.481 e. The molecule has 2 aromatic rings. The van der Waals surface area contributed by atoms with Gasteiger partial charge in [0.2, 0.25) is 5.88 Å². The first-order valence-electron chi connectivity index (χ1n) is 6.26. The molecule has 19 heavy (non-hydrogen) atoms. The van der Waals surface area contributed by atoms with Crippen molar-refractivity contribution in [3.8, 4) is 5.88 Å². The number of ketones is 1. The topological polar surface area (TPSA) is 57.0 Å². The summed E-state index contributed by atoms with van der Waals surface area (Å²) in [6.45, 7) is 0. The molecule has 0 saturated heterocycles. The summed E-state index contributed by atoms with van der Waals surface area (Å²) in [6, 6.07) is 5.63. The van der Waals surface area contributed by atoms with E-state index in [4.69, 9.17) is 4.74 Å². The summed E-state index contributed by atoms with van der Waals surface area (Å²) in [4.78, 5) is 16.9. The van der Waals surface area contributed by atoms with Gasteiger partial charge in [0.1, 0.15) is 5.69 Å². The van der Waals surface area contributed by atoms with Gasteiger partial charge in [0, 0.05) is 19.3 Å². The van der Waals surface area contributed by atoms with Gasteiger partial charge in [0.05, 0.1) is 18.7 Å². The number of nitrogens with zero attached hydrogens (tertiary/aromatic N) is 3. The molecule has 0 fully saturated rings. The maximum atomic E-state index is 12.5. The number of pyridine rings is 1. The normalized spacial score (nSPS) is 17.3. The van der Waals surface area contributed by atoms with E-state index in [-0.39, 0.29) is 11.7 Å². The predicted molar refractivity (Wildman–Crippen MR) is 69.4 cm³/mol. The first kappa shape index (κ1) is 11.9. The molecule has 5 nitrogen and oxygen atoms in total. The molecule has 1 aliphatic carbocycles. The highest BCUT2D eigenvalue weighted by molar-refractivity contribution is 6.00. The second-order valence-electron chi connectivity index (χ2n) is 4.70. The molecule has 0 saturated carbocycles. The summed E-state index contributed by atoms with van der Waals surface area (Å²) in [7, 11) is 3.33. The molecular weight excluding hydrogens is 242 g/mol. The molecule has 0 amide bonds. The van der Waals surface area contributed by atoms with E-state index in [9.17, 15) is 4.79 Å². The van der Waals surface area contributed by atoms with Crippen molar-refractivity contribution in [1.82, 2.24) is 14.8 Å². The summed E-state index contributed by atoms with van der Waals surface area (Å²) in [5.41, 5.74) is 2.52. The monoisotopic (exact) mass is 257 g/mol. The molecule has 3 rings (SSSR count). The fourth-order valence-electron chi connectivity index (χ4n) is 2.61. The molecule has 1 atom stereocenters. The highest BCUT2D eigenvalue weighted by Crippen LogP contribution is 2.33. The molecule has 98 valence electrons. The van der Waals surface area contributed by atoms with Crippen molar-refractivity contribution in [3.63, 3.8) is 0 Å². The maximum absolute atomic E-state index is 12.5. The molecule has 0 aromatic carbocycles. The minimum Gasteiger partial charge on any atom is -0.481 e. The number of fused-ring (bicyclic) bond motifs is 1. The molecule has 0 N–H and O–H groups in total. The van der Waals surface area contributed by atoms with Crippen molar-refractivity contribution in [1.29, 1.82) is 0 Å². The maximum Gasteiger partial charge on any atom is 0.211 e. The van der Waals surface area contributed by atoms with E-state index < -0.39 is 0 Å². The van der Waals surface area contributed by atoms with Crippen LogP contribution in [-0.2, 0) is 13.5 Å². The van der Waals surface area contributed by atoms with Crippen LogP contribution in [0.3, 0.4) is 0 Å². The second kappa shape index (κ2) is 4.50. The van der Waals surface area contributed by atoms with Gasteiger partial charge in [-0.3, -0.25) is 9.78 Å². The van der Waals surface area contributed by atoms with Gasteiger partial charge in [-0.25, -0.2) is 4.68 Å². The number of aryl methyl sites for hydroxylation is 2. The molecule has 0 radical (unpaired) electrons. The van der Waals surface area contributed by atoms with E-state index in [0.29, 0.717) is 11.6 Å². The average molecular weight is 257 g/mol. The number of ether oxygens (including phenoxy) is 1. The Bertz CT molecular complexity index is 633. The van der Waals surface area contributed by atoms with Crippen LogP contribution in [0.25, 0.3) is 0 Å². The molecule has 1 unspecified atom stereocenters. The van der Waals surface area contributed by atoms with E-state index >= 15 is 0 Å². The number of Topliss-reactive ketones (excluding diaryl/α,β-unsaturated/α-hetero) is 1. The standard InChI is InChI=1S/C14H15N3O2/c1-17-12(19-2)8-11(16-17)14(18)10-6-5-9-4-3-7-15-13(9)10/h3-4,7-8,10H,5-6H2,1-2H3. The molecule has 0 spiro atoms. The molecule has 0 aliphatic heterocycles. The lowest BCUT2D eigenvalue weighted by atomic mass is 9.99. The zero-order valence-corrected chi connectivity index (χ0v) is 11.0. The summed E-state index contributed by atoms with van der Waals surface area (Å²) >= 11 is 0. The lowest BCUT2D eigenvalue weighted by Gasteiger charge is -2.06. The highest BCUT2D eigenvalue weighted by Gasteiger charge is 2.32. The van der Waals surface area contributed by atoms with E-state index in [1.54, 1.807) is 31.1 Å². The highest BCUT2D eigenvalue weighted by atomic mass is 16.5. The van der Waals surface area contributed by atoms with E-state index in [0.717, 1.165) is 18.5 Å². The van der Waals surface area contributed by atoms with Crippen molar-refractivity contribution in [2.45, 2.75) is 18.8 Å².